The maximum atomic E-state index is 13.1. The van der Waals surface area contributed by atoms with E-state index in [2.05, 4.69) is 15.0 Å². The fourth-order valence-electron chi connectivity index (χ4n) is 4.68. The van der Waals surface area contributed by atoms with Crippen LogP contribution in [-0.2, 0) is 11.4 Å². The number of hydrogen-bond acceptors (Lipinski definition) is 8. The van der Waals surface area contributed by atoms with Crippen LogP contribution in [-0.4, -0.2) is 64.2 Å². The van der Waals surface area contributed by atoms with Gasteiger partial charge in [-0.05, 0) is 51.0 Å². The number of nitrogens with zero attached hydrogens (tertiary/aromatic N) is 5. The summed E-state index contributed by atoms with van der Waals surface area (Å²) in [6, 6.07) is 6.77. The second kappa shape index (κ2) is 8.92. The third-order valence-electron chi connectivity index (χ3n) is 6.53. The van der Waals surface area contributed by atoms with E-state index in [1.807, 2.05) is 0 Å². The fraction of sp³-hybridized carbons (Fsp3) is 0.360. The molecule has 0 bridgehead atoms. The maximum absolute atomic E-state index is 13.1. The van der Waals surface area contributed by atoms with Gasteiger partial charge in [-0.3, -0.25) is 29.1 Å². The van der Waals surface area contributed by atoms with Gasteiger partial charge in [-0.1, -0.05) is 0 Å². The molecule has 1 saturated heterocycles. The molecule has 0 aliphatic carbocycles. The summed E-state index contributed by atoms with van der Waals surface area (Å²) in [5.41, 5.74) is 0.589. The number of likely N-dealkylation sites (tertiary alicyclic amines) is 1. The molecule has 0 aromatic carbocycles. The van der Waals surface area contributed by atoms with Crippen molar-refractivity contribution in [3.05, 3.63) is 63.2 Å². The first-order chi connectivity index (χ1) is 17.2. The predicted octanol–water partition coefficient (Wildman–Crippen LogP) is 1.12. The first-order valence-corrected chi connectivity index (χ1v) is 11.7. The topological polar surface area (TPSA) is 154 Å². The molecule has 11 heteroatoms. The van der Waals surface area contributed by atoms with Crippen molar-refractivity contribution in [1.82, 2.24) is 29.4 Å². The van der Waals surface area contributed by atoms with E-state index in [9.17, 15) is 24.6 Å². The van der Waals surface area contributed by atoms with E-state index in [4.69, 9.17) is 4.98 Å². The molecule has 5 heterocycles. The molecule has 4 aromatic heterocycles. The molecule has 3 N–H and O–H groups in total. The summed E-state index contributed by atoms with van der Waals surface area (Å²) in [5.74, 6) is -0.360. The van der Waals surface area contributed by atoms with Gasteiger partial charge in [-0.15, -0.1) is 0 Å². The molecule has 0 radical (unpaired) electrons. The third kappa shape index (κ3) is 4.16. The summed E-state index contributed by atoms with van der Waals surface area (Å²) >= 11 is 0. The number of piperidine rings is 1. The van der Waals surface area contributed by atoms with Gasteiger partial charge in [0.2, 0.25) is 0 Å². The third-order valence-corrected chi connectivity index (χ3v) is 6.53. The summed E-state index contributed by atoms with van der Waals surface area (Å²) < 4.78 is 1.55. The largest absolute Gasteiger partial charge is 0.390 e. The van der Waals surface area contributed by atoms with Gasteiger partial charge in [0, 0.05) is 37.1 Å². The average Bonchev–Trinajstić information content (AvgIpc) is 2.87. The second-order valence-corrected chi connectivity index (χ2v) is 9.49. The van der Waals surface area contributed by atoms with Crippen LogP contribution in [0.25, 0.3) is 33.2 Å². The van der Waals surface area contributed by atoms with Crippen molar-refractivity contribution in [2.24, 2.45) is 0 Å². The number of aromatic amines is 1. The lowest BCUT2D eigenvalue weighted by molar-refractivity contribution is -0.149. The van der Waals surface area contributed by atoms with Crippen LogP contribution in [0, 0.1) is 0 Å². The molecule has 4 aromatic rings. The molecule has 36 heavy (non-hydrogen) atoms. The molecular formula is C25H26N6O5. The normalized spacial score (nSPS) is 15.1. The minimum absolute atomic E-state index is 0.171. The highest BCUT2D eigenvalue weighted by Gasteiger charge is 2.33. The lowest BCUT2D eigenvalue weighted by atomic mass is 10.0. The smallest absolute Gasteiger partial charge is 0.329 e. The Kier molecular flexibility index (Phi) is 5.89. The standard InChI is InChI=1S/C25H26N6O5/c1-25(2,36)23(34)30-9-7-16(8-10-30)31-21-17(22(33)29-24(31)35)12-27-19-6-5-18(28-20(19)21)14-3-4-15(13-32)26-11-14/h3-6,11-12,16,32,36H,7-10,13H2,1-2H3,(H,29,33,35). The highest BCUT2D eigenvalue weighted by molar-refractivity contribution is 6.01. The molecule has 0 spiro atoms. The molecule has 1 fully saturated rings. The number of nitrogens with one attached hydrogen (secondary N) is 1. The van der Waals surface area contributed by atoms with Gasteiger partial charge in [0.15, 0.2) is 0 Å². The van der Waals surface area contributed by atoms with Crippen molar-refractivity contribution < 1.29 is 15.0 Å². The van der Waals surface area contributed by atoms with Crippen molar-refractivity contribution in [2.75, 3.05) is 13.1 Å². The van der Waals surface area contributed by atoms with Crippen LogP contribution in [0.5, 0.6) is 0 Å². The molecule has 186 valence electrons. The number of aromatic nitrogens is 5. The van der Waals surface area contributed by atoms with E-state index in [1.165, 1.54) is 20.0 Å². The highest BCUT2D eigenvalue weighted by atomic mass is 16.3. The lowest BCUT2D eigenvalue weighted by Gasteiger charge is -2.36. The van der Waals surface area contributed by atoms with E-state index in [0.29, 0.717) is 59.4 Å². The fourth-order valence-corrected chi connectivity index (χ4v) is 4.68. The van der Waals surface area contributed by atoms with Gasteiger partial charge in [0.1, 0.15) is 11.1 Å². The Labute approximate surface area is 205 Å². The Balaban J connectivity index is 1.63. The minimum Gasteiger partial charge on any atom is -0.390 e. The number of carbonyl (C=O) groups is 1. The molecule has 5 rings (SSSR count). The van der Waals surface area contributed by atoms with E-state index in [-0.39, 0.29) is 23.9 Å². The first kappa shape index (κ1) is 23.8. The Morgan fingerprint density at radius 2 is 1.86 bits per heavy atom. The Bertz CT molecular complexity index is 1580. The number of hydrogen-bond donors (Lipinski definition) is 3. The maximum Gasteiger partial charge on any atom is 0.329 e. The number of pyridine rings is 3. The van der Waals surface area contributed by atoms with Crippen LogP contribution < -0.4 is 11.2 Å². The van der Waals surface area contributed by atoms with Crippen LogP contribution in [0.2, 0.25) is 0 Å². The van der Waals surface area contributed by atoms with Crippen molar-refractivity contribution in [2.45, 2.75) is 44.9 Å². The zero-order valence-electron chi connectivity index (χ0n) is 19.9. The molecule has 1 amide bonds. The molecular weight excluding hydrogens is 464 g/mol. The van der Waals surface area contributed by atoms with Crippen molar-refractivity contribution >= 4 is 27.8 Å². The number of aliphatic hydroxyl groups is 2. The van der Waals surface area contributed by atoms with Gasteiger partial charge in [0.05, 0.1) is 34.4 Å². The van der Waals surface area contributed by atoms with E-state index in [0.717, 1.165) is 0 Å². The molecule has 0 unspecified atom stereocenters. The average molecular weight is 491 g/mol. The summed E-state index contributed by atoms with van der Waals surface area (Å²) in [5, 5.41) is 19.6. The number of aliphatic hydroxyl groups excluding tert-OH is 1. The quantitative estimate of drug-likeness (QED) is 0.360. The van der Waals surface area contributed by atoms with Crippen LogP contribution in [0.15, 0.2) is 46.2 Å². The van der Waals surface area contributed by atoms with Crippen molar-refractivity contribution in [3.8, 4) is 11.3 Å². The van der Waals surface area contributed by atoms with E-state index < -0.39 is 16.9 Å². The van der Waals surface area contributed by atoms with Gasteiger partial charge in [-0.25, -0.2) is 9.78 Å². The summed E-state index contributed by atoms with van der Waals surface area (Å²) in [6.07, 6.45) is 3.99. The SMILES string of the molecule is CC(C)(O)C(=O)N1CCC(n2c(=O)[nH]c(=O)c3cnc4ccc(-c5ccc(CO)nc5)nc4c32)CC1. The van der Waals surface area contributed by atoms with Crippen LogP contribution in [0.1, 0.15) is 38.4 Å². The predicted molar refractivity (Wildman–Crippen MR) is 132 cm³/mol. The zero-order valence-corrected chi connectivity index (χ0v) is 19.9. The summed E-state index contributed by atoms with van der Waals surface area (Å²) in [7, 11) is 0. The molecule has 1 aliphatic heterocycles. The number of H-pyrrole nitrogens is 1. The van der Waals surface area contributed by atoms with Gasteiger partial charge in [-0.2, -0.15) is 0 Å². The molecule has 11 nitrogen and oxygen atoms in total. The lowest BCUT2D eigenvalue weighted by Crippen LogP contribution is -2.49. The zero-order chi connectivity index (χ0) is 25.6. The molecule has 0 atom stereocenters. The Morgan fingerprint density at radius 3 is 2.50 bits per heavy atom. The monoisotopic (exact) mass is 490 g/mol. The number of carbonyl (C=O) groups excluding carboxylic acids is 1. The number of rotatable bonds is 4. The van der Waals surface area contributed by atoms with Gasteiger partial charge in [0.25, 0.3) is 11.5 Å². The molecule has 0 saturated carbocycles. The van der Waals surface area contributed by atoms with Crippen LogP contribution >= 0.6 is 0 Å². The van der Waals surface area contributed by atoms with Gasteiger partial charge >= 0.3 is 5.69 Å². The number of fused-ring (bicyclic) bond motifs is 3. The van der Waals surface area contributed by atoms with E-state index in [1.54, 1.807) is 39.9 Å². The Morgan fingerprint density at radius 1 is 1.11 bits per heavy atom. The number of amides is 1. The van der Waals surface area contributed by atoms with Gasteiger partial charge < -0.3 is 15.1 Å². The highest BCUT2D eigenvalue weighted by Crippen LogP contribution is 2.29. The minimum atomic E-state index is -1.47. The Hall–Kier alpha value is -3.96. The first-order valence-electron chi connectivity index (χ1n) is 11.7. The van der Waals surface area contributed by atoms with Crippen molar-refractivity contribution in [1.29, 1.82) is 0 Å². The summed E-state index contributed by atoms with van der Waals surface area (Å²) in [4.78, 5) is 55.6. The molecule has 1 aliphatic rings. The van der Waals surface area contributed by atoms with E-state index >= 15 is 0 Å². The second-order valence-electron chi connectivity index (χ2n) is 9.49. The summed E-state index contributed by atoms with van der Waals surface area (Å²) in [6.45, 7) is 3.47. The van der Waals surface area contributed by atoms with Crippen LogP contribution in [0.4, 0.5) is 0 Å². The van der Waals surface area contributed by atoms with Crippen LogP contribution in [0.3, 0.4) is 0 Å². The van der Waals surface area contributed by atoms with Crippen molar-refractivity contribution in [3.63, 3.8) is 0 Å².